The van der Waals surface area contributed by atoms with Crippen LogP contribution in [0.15, 0.2) is 42.5 Å². The summed E-state index contributed by atoms with van der Waals surface area (Å²) >= 11 is 0. The molecule has 82 valence electrons. The van der Waals surface area contributed by atoms with Crippen LogP contribution in [0.25, 0.3) is 0 Å². The maximum absolute atomic E-state index is 11.6. The van der Waals surface area contributed by atoms with Crippen LogP contribution < -0.4 is 0 Å². The van der Waals surface area contributed by atoms with Crippen LogP contribution in [0, 0.1) is 11.8 Å². The number of rotatable bonds is 4. The van der Waals surface area contributed by atoms with Crippen LogP contribution in [-0.4, -0.2) is 5.78 Å². The average molecular weight is 212 g/mol. The largest absolute Gasteiger partial charge is 0.289 e. The molecule has 0 aliphatic heterocycles. The summed E-state index contributed by atoms with van der Waals surface area (Å²) < 4.78 is 0. The van der Waals surface area contributed by atoms with E-state index in [0.29, 0.717) is 5.56 Å². The molecule has 1 aromatic carbocycles. The zero-order valence-electron chi connectivity index (χ0n) is 9.57. The molecule has 1 aromatic rings. The molecule has 16 heavy (non-hydrogen) atoms. The van der Waals surface area contributed by atoms with Gasteiger partial charge in [0.2, 0.25) is 0 Å². The standard InChI is InChI=1S/C15H16O/c1-2-3-4-5-6-10-13-15(16)14-11-8-7-9-12-14/h7-13H,2-4H2,1H3/b13-10-. The van der Waals surface area contributed by atoms with E-state index in [1.807, 2.05) is 18.2 Å². The fourth-order valence-corrected chi connectivity index (χ4v) is 1.21. The van der Waals surface area contributed by atoms with E-state index in [1.165, 1.54) is 6.08 Å². The summed E-state index contributed by atoms with van der Waals surface area (Å²) in [6.07, 6.45) is 6.33. The number of hydrogen-bond acceptors (Lipinski definition) is 1. The number of unbranched alkanes of at least 4 members (excludes halogenated alkanes) is 2. The second-order valence-electron chi connectivity index (χ2n) is 3.49. The molecule has 0 unspecified atom stereocenters. The van der Waals surface area contributed by atoms with Crippen molar-refractivity contribution in [1.82, 2.24) is 0 Å². The Hall–Kier alpha value is -1.81. The Morgan fingerprint density at radius 3 is 2.75 bits per heavy atom. The van der Waals surface area contributed by atoms with E-state index in [1.54, 1.807) is 18.2 Å². The lowest BCUT2D eigenvalue weighted by Gasteiger charge is -1.91. The molecule has 0 aliphatic carbocycles. The van der Waals surface area contributed by atoms with Crippen LogP contribution >= 0.6 is 0 Å². The Labute approximate surface area is 97.2 Å². The first-order valence-corrected chi connectivity index (χ1v) is 5.59. The minimum Gasteiger partial charge on any atom is -0.289 e. The second kappa shape index (κ2) is 7.48. The van der Waals surface area contributed by atoms with Gasteiger partial charge in [0.15, 0.2) is 5.78 Å². The van der Waals surface area contributed by atoms with Crippen molar-refractivity contribution in [2.24, 2.45) is 0 Å². The van der Waals surface area contributed by atoms with Crippen molar-refractivity contribution in [2.75, 3.05) is 0 Å². The van der Waals surface area contributed by atoms with Gasteiger partial charge >= 0.3 is 0 Å². The van der Waals surface area contributed by atoms with Gasteiger partial charge in [-0.3, -0.25) is 4.79 Å². The summed E-state index contributed by atoms with van der Waals surface area (Å²) in [6, 6.07) is 9.21. The SMILES string of the molecule is CCCCC#C/C=C\C(=O)c1ccccc1. The zero-order valence-corrected chi connectivity index (χ0v) is 9.57. The highest BCUT2D eigenvalue weighted by atomic mass is 16.1. The molecule has 0 fully saturated rings. The van der Waals surface area contributed by atoms with E-state index in [4.69, 9.17) is 0 Å². The smallest absolute Gasteiger partial charge is 0.186 e. The van der Waals surface area contributed by atoms with E-state index in [2.05, 4.69) is 18.8 Å². The summed E-state index contributed by atoms with van der Waals surface area (Å²) in [5, 5.41) is 0. The molecule has 0 radical (unpaired) electrons. The lowest BCUT2D eigenvalue weighted by Crippen LogP contribution is -1.92. The molecular formula is C15H16O. The first-order chi connectivity index (χ1) is 7.84. The topological polar surface area (TPSA) is 17.1 Å². The van der Waals surface area contributed by atoms with Crippen molar-refractivity contribution in [3.05, 3.63) is 48.0 Å². The summed E-state index contributed by atoms with van der Waals surface area (Å²) in [6.45, 7) is 2.14. The number of carbonyl (C=O) groups excluding carboxylic acids is 1. The molecule has 0 heterocycles. The van der Waals surface area contributed by atoms with Gasteiger partial charge in [-0.1, -0.05) is 55.5 Å². The van der Waals surface area contributed by atoms with Gasteiger partial charge in [-0.2, -0.15) is 0 Å². The fraction of sp³-hybridized carbons (Fsp3) is 0.267. The molecule has 0 saturated heterocycles. The monoisotopic (exact) mass is 212 g/mol. The van der Waals surface area contributed by atoms with Gasteiger partial charge in [0.1, 0.15) is 0 Å². The van der Waals surface area contributed by atoms with Crippen molar-refractivity contribution in [3.63, 3.8) is 0 Å². The minimum atomic E-state index is 0.00499. The summed E-state index contributed by atoms with van der Waals surface area (Å²) in [5.41, 5.74) is 0.703. The van der Waals surface area contributed by atoms with Crippen molar-refractivity contribution in [2.45, 2.75) is 26.2 Å². The third-order valence-electron chi connectivity index (χ3n) is 2.13. The van der Waals surface area contributed by atoms with Crippen LogP contribution in [0.5, 0.6) is 0 Å². The molecule has 1 heteroatoms. The molecule has 0 aromatic heterocycles. The van der Waals surface area contributed by atoms with E-state index in [-0.39, 0.29) is 5.78 Å². The lowest BCUT2D eigenvalue weighted by atomic mass is 10.1. The molecule has 0 atom stereocenters. The van der Waals surface area contributed by atoms with Gasteiger partial charge in [0, 0.05) is 12.0 Å². The summed E-state index contributed by atoms with van der Waals surface area (Å²) in [5.74, 6) is 5.88. The third kappa shape index (κ3) is 4.61. The maximum atomic E-state index is 11.6. The van der Waals surface area contributed by atoms with E-state index in [9.17, 15) is 4.79 Å². The Balaban J connectivity index is 2.45. The predicted molar refractivity (Wildman–Crippen MR) is 67.2 cm³/mol. The molecule has 0 spiro atoms. The highest BCUT2D eigenvalue weighted by Crippen LogP contribution is 2.00. The number of benzene rings is 1. The Kier molecular flexibility index (Phi) is 5.73. The first kappa shape index (κ1) is 12.3. The quantitative estimate of drug-likeness (QED) is 0.322. The number of allylic oxidation sites excluding steroid dienone is 2. The molecule has 1 rings (SSSR count). The molecule has 0 bridgehead atoms. The highest BCUT2D eigenvalue weighted by Gasteiger charge is 1.97. The van der Waals surface area contributed by atoms with Gasteiger partial charge in [-0.25, -0.2) is 0 Å². The molecular weight excluding hydrogens is 196 g/mol. The third-order valence-corrected chi connectivity index (χ3v) is 2.13. The molecule has 0 saturated carbocycles. The second-order valence-corrected chi connectivity index (χ2v) is 3.49. The maximum Gasteiger partial charge on any atom is 0.186 e. The first-order valence-electron chi connectivity index (χ1n) is 5.59. The highest BCUT2D eigenvalue weighted by molar-refractivity contribution is 6.04. The Bertz CT molecular complexity index is 404. The lowest BCUT2D eigenvalue weighted by molar-refractivity contribution is 0.104. The average Bonchev–Trinajstić information content (AvgIpc) is 2.34. The van der Waals surface area contributed by atoms with Gasteiger partial charge in [-0.05, 0) is 18.6 Å². The van der Waals surface area contributed by atoms with Crippen molar-refractivity contribution in [3.8, 4) is 11.8 Å². The summed E-state index contributed by atoms with van der Waals surface area (Å²) in [4.78, 5) is 11.6. The number of carbonyl (C=O) groups is 1. The van der Waals surface area contributed by atoms with Crippen molar-refractivity contribution >= 4 is 5.78 Å². The normalized spacial score (nSPS) is 9.81. The Morgan fingerprint density at radius 1 is 1.31 bits per heavy atom. The number of ketones is 1. The van der Waals surface area contributed by atoms with Gasteiger partial charge < -0.3 is 0 Å². The van der Waals surface area contributed by atoms with E-state index >= 15 is 0 Å². The van der Waals surface area contributed by atoms with Crippen LogP contribution in [-0.2, 0) is 0 Å². The van der Waals surface area contributed by atoms with Crippen molar-refractivity contribution < 1.29 is 4.79 Å². The van der Waals surface area contributed by atoms with Gasteiger partial charge in [0.25, 0.3) is 0 Å². The van der Waals surface area contributed by atoms with Gasteiger partial charge in [-0.15, -0.1) is 0 Å². The van der Waals surface area contributed by atoms with E-state index < -0.39 is 0 Å². The zero-order chi connectivity index (χ0) is 11.6. The van der Waals surface area contributed by atoms with E-state index in [0.717, 1.165) is 19.3 Å². The van der Waals surface area contributed by atoms with Gasteiger partial charge in [0.05, 0.1) is 0 Å². The Morgan fingerprint density at radius 2 is 2.06 bits per heavy atom. The predicted octanol–water partition coefficient (Wildman–Crippen LogP) is 3.62. The molecule has 0 amide bonds. The minimum absolute atomic E-state index is 0.00499. The van der Waals surface area contributed by atoms with Crippen LogP contribution in [0.1, 0.15) is 36.5 Å². The van der Waals surface area contributed by atoms with Crippen LogP contribution in [0.3, 0.4) is 0 Å². The molecule has 0 aliphatic rings. The number of hydrogen-bond donors (Lipinski definition) is 0. The van der Waals surface area contributed by atoms with Crippen LogP contribution in [0.4, 0.5) is 0 Å². The fourth-order valence-electron chi connectivity index (χ4n) is 1.21. The molecule has 0 N–H and O–H groups in total. The molecule has 1 nitrogen and oxygen atoms in total. The summed E-state index contributed by atoms with van der Waals surface area (Å²) in [7, 11) is 0. The van der Waals surface area contributed by atoms with Crippen molar-refractivity contribution in [1.29, 1.82) is 0 Å². The van der Waals surface area contributed by atoms with Crippen LogP contribution in [0.2, 0.25) is 0 Å².